The van der Waals surface area contributed by atoms with Gasteiger partial charge in [0.25, 0.3) is 5.91 Å². The van der Waals surface area contributed by atoms with E-state index in [1.165, 1.54) is 0 Å². The highest BCUT2D eigenvalue weighted by molar-refractivity contribution is 5.97. The summed E-state index contributed by atoms with van der Waals surface area (Å²) < 4.78 is 5.72. The molecule has 1 saturated heterocycles. The number of hydrogen-bond acceptors (Lipinski definition) is 3. The van der Waals surface area contributed by atoms with Crippen LogP contribution in [0.4, 0.5) is 0 Å². The largest absolute Gasteiger partial charge is 0.490 e. The molecular weight excluding hydrogens is 240 g/mol. The third-order valence-electron chi connectivity index (χ3n) is 3.27. The van der Waals surface area contributed by atoms with Gasteiger partial charge in [-0.05, 0) is 33.0 Å². The maximum absolute atomic E-state index is 12.5. The fourth-order valence-corrected chi connectivity index (χ4v) is 2.18. The van der Waals surface area contributed by atoms with Crippen LogP contribution >= 0.6 is 0 Å². The van der Waals surface area contributed by atoms with E-state index in [1.807, 2.05) is 43.0 Å². The van der Waals surface area contributed by atoms with Crippen LogP contribution in [0, 0.1) is 0 Å². The Morgan fingerprint density at radius 1 is 1.16 bits per heavy atom. The van der Waals surface area contributed by atoms with E-state index in [-0.39, 0.29) is 12.0 Å². The molecule has 0 radical (unpaired) electrons. The Bertz CT molecular complexity index is 438. The molecule has 1 aliphatic rings. The number of amides is 1. The molecule has 1 aromatic carbocycles. The number of ether oxygens (including phenoxy) is 1. The van der Waals surface area contributed by atoms with Crippen molar-refractivity contribution < 1.29 is 9.53 Å². The molecule has 0 unspecified atom stereocenters. The third-order valence-corrected chi connectivity index (χ3v) is 3.27. The van der Waals surface area contributed by atoms with Crippen LogP contribution in [0.3, 0.4) is 0 Å². The highest BCUT2D eigenvalue weighted by atomic mass is 16.5. The highest BCUT2D eigenvalue weighted by Crippen LogP contribution is 2.21. The van der Waals surface area contributed by atoms with Gasteiger partial charge in [-0.1, -0.05) is 12.1 Å². The molecular formula is C15H22N2O2. The average molecular weight is 262 g/mol. The Balaban J connectivity index is 2.14. The molecule has 0 aliphatic carbocycles. The minimum Gasteiger partial charge on any atom is -0.490 e. The van der Waals surface area contributed by atoms with E-state index in [9.17, 15) is 4.79 Å². The van der Waals surface area contributed by atoms with E-state index in [2.05, 4.69) is 11.9 Å². The van der Waals surface area contributed by atoms with Gasteiger partial charge in [0, 0.05) is 26.2 Å². The Morgan fingerprint density at radius 3 is 2.42 bits per heavy atom. The summed E-state index contributed by atoms with van der Waals surface area (Å²) in [5, 5.41) is 0. The lowest BCUT2D eigenvalue weighted by Crippen LogP contribution is -2.47. The van der Waals surface area contributed by atoms with Crippen molar-refractivity contribution in [3.05, 3.63) is 29.8 Å². The Labute approximate surface area is 115 Å². The van der Waals surface area contributed by atoms with Crippen molar-refractivity contribution in [1.29, 1.82) is 0 Å². The number of carbonyl (C=O) groups is 1. The van der Waals surface area contributed by atoms with Gasteiger partial charge in [0.15, 0.2) is 0 Å². The van der Waals surface area contributed by atoms with Gasteiger partial charge in [-0.2, -0.15) is 0 Å². The summed E-state index contributed by atoms with van der Waals surface area (Å²) in [6, 6.07) is 7.50. The lowest BCUT2D eigenvalue weighted by Gasteiger charge is -2.32. The standard InChI is InChI=1S/C15H22N2O2/c1-12(2)19-14-7-5-4-6-13(14)15(18)17-10-8-16(3)9-11-17/h4-7,12H,8-11H2,1-3H3. The van der Waals surface area contributed by atoms with Gasteiger partial charge in [-0.3, -0.25) is 4.79 Å². The molecule has 1 heterocycles. The van der Waals surface area contributed by atoms with Crippen LogP contribution in [0.1, 0.15) is 24.2 Å². The molecule has 0 spiro atoms. The van der Waals surface area contributed by atoms with Gasteiger partial charge in [-0.15, -0.1) is 0 Å². The van der Waals surface area contributed by atoms with Crippen molar-refractivity contribution >= 4 is 5.91 Å². The predicted octanol–water partition coefficient (Wildman–Crippen LogP) is 1.86. The second-order valence-electron chi connectivity index (χ2n) is 5.26. The minimum atomic E-state index is 0.0708. The van der Waals surface area contributed by atoms with Gasteiger partial charge in [0.05, 0.1) is 11.7 Å². The molecule has 1 aliphatic heterocycles. The van der Waals surface area contributed by atoms with E-state index in [1.54, 1.807) is 0 Å². The number of rotatable bonds is 3. The quantitative estimate of drug-likeness (QED) is 0.833. The lowest BCUT2D eigenvalue weighted by atomic mass is 10.1. The summed E-state index contributed by atoms with van der Waals surface area (Å²) >= 11 is 0. The molecule has 0 saturated carbocycles. The summed E-state index contributed by atoms with van der Waals surface area (Å²) in [6.45, 7) is 7.36. The smallest absolute Gasteiger partial charge is 0.257 e. The van der Waals surface area contributed by atoms with Gasteiger partial charge >= 0.3 is 0 Å². The van der Waals surface area contributed by atoms with E-state index >= 15 is 0 Å². The van der Waals surface area contributed by atoms with Crippen molar-refractivity contribution in [1.82, 2.24) is 9.80 Å². The molecule has 4 heteroatoms. The fourth-order valence-electron chi connectivity index (χ4n) is 2.18. The molecule has 1 amide bonds. The normalized spacial score (nSPS) is 16.7. The Morgan fingerprint density at radius 2 is 1.79 bits per heavy atom. The van der Waals surface area contributed by atoms with E-state index in [0.29, 0.717) is 11.3 Å². The molecule has 0 N–H and O–H groups in total. The first-order valence-corrected chi connectivity index (χ1v) is 6.81. The topological polar surface area (TPSA) is 32.8 Å². The fraction of sp³-hybridized carbons (Fsp3) is 0.533. The lowest BCUT2D eigenvalue weighted by molar-refractivity contribution is 0.0658. The molecule has 1 fully saturated rings. The number of para-hydroxylation sites is 1. The van der Waals surface area contributed by atoms with Crippen molar-refractivity contribution in [2.45, 2.75) is 20.0 Å². The van der Waals surface area contributed by atoms with E-state index in [4.69, 9.17) is 4.74 Å². The van der Waals surface area contributed by atoms with Gasteiger partial charge < -0.3 is 14.5 Å². The second-order valence-corrected chi connectivity index (χ2v) is 5.26. The van der Waals surface area contributed by atoms with Crippen molar-refractivity contribution in [3.8, 4) is 5.75 Å². The maximum atomic E-state index is 12.5. The number of hydrogen-bond donors (Lipinski definition) is 0. The van der Waals surface area contributed by atoms with Gasteiger partial charge in [-0.25, -0.2) is 0 Å². The minimum absolute atomic E-state index is 0.0708. The van der Waals surface area contributed by atoms with Crippen molar-refractivity contribution in [3.63, 3.8) is 0 Å². The maximum Gasteiger partial charge on any atom is 0.257 e. The molecule has 2 rings (SSSR count). The number of piperazine rings is 1. The average Bonchev–Trinajstić information content (AvgIpc) is 2.39. The SMILES string of the molecule is CC(C)Oc1ccccc1C(=O)N1CCN(C)CC1. The monoisotopic (exact) mass is 262 g/mol. The molecule has 4 nitrogen and oxygen atoms in total. The van der Waals surface area contributed by atoms with Crippen LogP contribution in [-0.2, 0) is 0 Å². The predicted molar refractivity (Wildman–Crippen MR) is 75.6 cm³/mol. The molecule has 0 bridgehead atoms. The van der Waals surface area contributed by atoms with Gasteiger partial charge in [0.2, 0.25) is 0 Å². The zero-order chi connectivity index (χ0) is 13.8. The second kappa shape index (κ2) is 6.06. The third kappa shape index (κ3) is 3.47. The first-order valence-electron chi connectivity index (χ1n) is 6.81. The Kier molecular flexibility index (Phi) is 4.43. The summed E-state index contributed by atoms with van der Waals surface area (Å²) in [7, 11) is 2.08. The molecule has 1 aromatic rings. The number of carbonyl (C=O) groups excluding carboxylic acids is 1. The summed E-state index contributed by atoms with van der Waals surface area (Å²) in [5.41, 5.74) is 0.667. The first kappa shape index (κ1) is 13.9. The van der Waals surface area contributed by atoms with Crippen LogP contribution in [0.2, 0.25) is 0 Å². The van der Waals surface area contributed by atoms with E-state index in [0.717, 1.165) is 26.2 Å². The molecule has 0 atom stereocenters. The number of nitrogens with zero attached hydrogens (tertiary/aromatic N) is 2. The van der Waals surface area contributed by atoms with Crippen LogP contribution in [0.5, 0.6) is 5.75 Å². The first-order chi connectivity index (χ1) is 9.08. The zero-order valence-corrected chi connectivity index (χ0v) is 11.9. The molecule has 104 valence electrons. The Hall–Kier alpha value is -1.55. The molecule has 0 aromatic heterocycles. The van der Waals surface area contributed by atoms with Crippen LogP contribution in [0.15, 0.2) is 24.3 Å². The summed E-state index contributed by atoms with van der Waals surface area (Å²) in [6.07, 6.45) is 0.0708. The molecule has 19 heavy (non-hydrogen) atoms. The van der Waals surface area contributed by atoms with Crippen molar-refractivity contribution in [2.75, 3.05) is 33.2 Å². The van der Waals surface area contributed by atoms with Crippen LogP contribution in [-0.4, -0.2) is 55.0 Å². The van der Waals surface area contributed by atoms with Crippen LogP contribution in [0.25, 0.3) is 0 Å². The summed E-state index contributed by atoms with van der Waals surface area (Å²) in [5.74, 6) is 0.755. The van der Waals surface area contributed by atoms with Crippen LogP contribution < -0.4 is 4.74 Å². The number of likely N-dealkylation sites (N-methyl/N-ethyl adjacent to an activating group) is 1. The van der Waals surface area contributed by atoms with E-state index < -0.39 is 0 Å². The highest BCUT2D eigenvalue weighted by Gasteiger charge is 2.22. The van der Waals surface area contributed by atoms with Gasteiger partial charge in [0.1, 0.15) is 5.75 Å². The summed E-state index contributed by atoms with van der Waals surface area (Å²) in [4.78, 5) is 16.7. The number of benzene rings is 1. The zero-order valence-electron chi connectivity index (χ0n) is 11.9. The van der Waals surface area contributed by atoms with Crippen molar-refractivity contribution in [2.24, 2.45) is 0 Å².